The van der Waals surface area contributed by atoms with Gasteiger partial charge in [0.1, 0.15) is 10.2 Å². The number of rotatable bonds is 2. The first-order valence-electron chi connectivity index (χ1n) is 5.34. The molecule has 0 unspecified atom stereocenters. The molecular weight excluding hydrogens is 282 g/mol. The summed E-state index contributed by atoms with van der Waals surface area (Å²) in [5, 5.41) is 0. The lowest BCUT2D eigenvalue weighted by atomic mass is 10.1. The average molecular weight is 294 g/mol. The zero-order valence-electron chi connectivity index (χ0n) is 9.62. The molecule has 2 heterocycles. The summed E-state index contributed by atoms with van der Waals surface area (Å²) in [4.78, 5) is 23.0. The van der Waals surface area contributed by atoms with Crippen LogP contribution in [0.4, 0.5) is 0 Å². The van der Waals surface area contributed by atoms with E-state index in [1.165, 1.54) is 0 Å². The Morgan fingerprint density at radius 1 is 1.47 bits per heavy atom. The molecule has 0 aliphatic carbocycles. The predicted molar refractivity (Wildman–Crippen MR) is 69.9 cm³/mol. The second kappa shape index (κ2) is 4.79. The van der Waals surface area contributed by atoms with Gasteiger partial charge in [0.05, 0.1) is 5.69 Å². The summed E-state index contributed by atoms with van der Waals surface area (Å²) >= 11 is 3.19. The number of H-pyrrole nitrogens is 1. The zero-order valence-corrected chi connectivity index (χ0v) is 11.2. The Kier molecular flexibility index (Phi) is 3.38. The maximum Gasteiger partial charge on any atom is 0.265 e. The van der Waals surface area contributed by atoms with Crippen molar-refractivity contribution in [2.75, 3.05) is 0 Å². The van der Waals surface area contributed by atoms with E-state index in [1.807, 2.05) is 19.1 Å². The van der Waals surface area contributed by atoms with Crippen LogP contribution in [0, 0.1) is 6.92 Å². The Morgan fingerprint density at radius 3 is 2.88 bits per heavy atom. The van der Waals surface area contributed by atoms with Crippen molar-refractivity contribution in [1.29, 1.82) is 0 Å². The van der Waals surface area contributed by atoms with Crippen LogP contribution in [0.1, 0.15) is 18.2 Å². The molecule has 0 saturated heterocycles. The fourth-order valence-electron chi connectivity index (χ4n) is 1.62. The van der Waals surface area contributed by atoms with Crippen LogP contribution >= 0.6 is 15.9 Å². The molecule has 0 aliphatic rings. The molecule has 5 heteroatoms. The minimum Gasteiger partial charge on any atom is -0.304 e. The first-order chi connectivity index (χ1) is 8.13. The van der Waals surface area contributed by atoms with E-state index in [2.05, 4.69) is 30.9 Å². The quantitative estimate of drug-likeness (QED) is 0.925. The molecule has 2 rings (SSSR count). The lowest BCUT2D eigenvalue weighted by Gasteiger charge is -2.06. The van der Waals surface area contributed by atoms with E-state index in [0.717, 1.165) is 17.7 Å². The largest absolute Gasteiger partial charge is 0.304 e. The van der Waals surface area contributed by atoms with Crippen LogP contribution in [0.3, 0.4) is 0 Å². The molecule has 0 bridgehead atoms. The standard InChI is InChI=1S/C12H12BrN3O/c1-3-8-5-4-6-14-10(8)11-15-7(2)9(13)12(17)16-11/h4-6H,3H2,1-2H3,(H,15,16,17). The van der Waals surface area contributed by atoms with Gasteiger partial charge in [-0.2, -0.15) is 0 Å². The van der Waals surface area contributed by atoms with Gasteiger partial charge < -0.3 is 4.98 Å². The van der Waals surface area contributed by atoms with E-state index in [4.69, 9.17) is 0 Å². The first-order valence-corrected chi connectivity index (χ1v) is 6.13. The van der Waals surface area contributed by atoms with Gasteiger partial charge in [-0.1, -0.05) is 13.0 Å². The molecule has 0 radical (unpaired) electrons. The van der Waals surface area contributed by atoms with Crippen LogP contribution in [0.5, 0.6) is 0 Å². The Balaban J connectivity index is 2.65. The number of aryl methyl sites for hydroxylation is 2. The van der Waals surface area contributed by atoms with Crippen LogP contribution in [-0.4, -0.2) is 15.0 Å². The summed E-state index contributed by atoms with van der Waals surface area (Å²) in [7, 11) is 0. The van der Waals surface area contributed by atoms with Gasteiger partial charge in [0.2, 0.25) is 0 Å². The van der Waals surface area contributed by atoms with Gasteiger partial charge in [0.25, 0.3) is 5.56 Å². The predicted octanol–water partition coefficient (Wildman–Crippen LogP) is 2.47. The second-order valence-electron chi connectivity index (χ2n) is 3.68. The lowest BCUT2D eigenvalue weighted by molar-refractivity contribution is 1.02. The molecule has 88 valence electrons. The number of hydrogen-bond donors (Lipinski definition) is 1. The highest BCUT2D eigenvalue weighted by molar-refractivity contribution is 9.10. The normalized spacial score (nSPS) is 10.5. The first kappa shape index (κ1) is 12.0. The number of aromatic nitrogens is 3. The maximum absolute atomic E-state index is 11.7. The van der Waals surface area contributed by atoms with E-state index >= 15 is 0 Å². The summed E-state index contributed by atoms with van der Waals surface area (Å²) in [6.07, 6.45) is 2.55. The zero-order chi connectivity index (χ0) is 12.4. The third kappa shape index (κ3) is 2.29. The fraction of sp³-hybridized carbons (Fsp3) is 0.250. The van der Waals surface area contributed by atoms with Gasteiger partial charge in [-0.15, -0.1) is 0 Å². The monoisotopic (exact) mass is 293 g/mol. The number of aromatic amines is 1. The highest BCUT2D eigenvalue weighted by Crippen LogP contribution is 2.18. The Bertz CT molecular complexity index is 607. The topological polar surface area (TPSA) is 58.6 Å². The van der Waals surface area contributed by atoms with E-state index in [-0.39, 0.29) is 5.56 Å². The van der Waals surface area contributed by atoms with Crippen LogP contribution in [0.2, 0.25) is 0 Å². The molecule has 0 aliphatic heterocycles. The molecule has 0 saturated carbocycles. The minimum absolute atomic E-state index is 0.180. The molecular formula is C12H12BrN3O. The fourth-order valence-corrected chi connectivity index (χ4v) is 1.81. The molecule has 1 N–H and O–H groups in total. The SMILES string of the molecule is CCc1cccnc1-c1nc(C)c(Br)c(=O)[nH]1. The van der Waals surface area contributed by atoms with Crippen molar-refractivity contribution in [3.63, 3.8) is 0 Å². The van der Waals surface area contributed by atoms with Gasteiger partial charge in [-0.25, -0.2) is 4.98 Å². The average Bonchev–Trinajstić information content (AvgIpc) is 2.35. The molecule has 0 aromatic carbocycles. The van der Waals surface area contributed by atoms with Crippen molar-refractivity contribution in [3.8, 4) is 11.5 Å². The maximum atomic E-state index is 11.7. The van der Waals surface area contributed by atoms with Crippen molar-refractivity contribution in [2.24, 2.45) is 0 Å². The number of pyridine rings is 1. The van der Waals surface area contributed by atoms with Crippen molar-refractivity contribution >= 4 is 15.9 Å². The van der Waals surface area contributed by atoms with Crippen LogP contribution in [0.25, 0.3) is 11.5 Å². The Labute approximate surface area is 107 Å². The Morgan fingerprint density at radius 2 is 2.24 bits per heavy atom. The minimum atomic E-state index is -0.180. The Hall–Kier alpha value is -1.49. The second-order valence-corrected chi connectivity index (χ2v) is 4.47. The summed E-state index contributed by atoms with van der Waals surface area (Å²) in [6.45, 7) is 3.84. The van der Waals surface area contributed by atoms with E-state index in [9.17, 15) is 4.79 Å². The number of hydrogen-bond acceptors (Lipinski definition) is 3. The highest BCUT2D eigenvalue weighted by atomic mass is 79.9. The molecule has 0 spiro atoms. The smallest absolute Gasteiger partial charge is 0.265 e. The summed E-state index contributed by atoms with van der Waals surface area (Å²) in [6, 6.07) is 3.87. The van der Waals surface area contributed by atoms with Gasteiger partial charge in [0, 0.05) is 6.20 Å². The number of nitrogens with one attached hydrogen (secondary N) is 1. The third-order valence-corrected chi connectivity index (χ3v) is 3.46. The molecule has 0 amide bonds. The molecule has 2 aromatic heterocycles. The molecule has 0 atom stereocenters. The molecule has 4 nitrogen and oxygen atoms in total. The van der Waals surface area contributed by atoms with E-state index < -0.39 is 0 Å². The van der Waals surface area contributed by atoms with Crippen molar-refractivity contribution in [1.82, 2.24) is 15.0 Å². The van der Waals surface area contributed by atoms with Gasteiger partial charge in [0.15, 0.2) is 5.82 Å². The molecule has 0 fully saturated rings. The lowest BCUT2D eigenvalue weighted by Crippen LogP contribution is -2.13. The number of nitrogens with zero attached hydrogens (tertiary/aromatic N) is 2. The molecule has 2 aromatic rings. The van der Waals surface area contributed by atoms with Gasteiger partial charge in [-0.3, -0.25) is 9.78 Å². The van der Waals surface area contributed by atoms with E-state index in [1.54, 1.807) is 13.1 Å². The van der Waals surface area contributed by atoms with Crippen molar-refractivity contribution < 1.29 is 0 Å². The third-order valence-electron chi connectivity index (χ3n) is 2.52. The van der Waals surface area contributed by atoms with Crippen LogP contribution in [-0.2, 0) is 6.42 Å². The summed E-state index contributed by atoms with van der Waals surface area (Å²) < 4.78 is 0.468. The van der Waals surface area contributed by atoms with Crippen LogP contribution in [0.15, 0.2) is 27.6 Å². The van der Waals surface area contributed by atoms with Gasteiger partial charge in [-0.05, 0) is 40.9 Å². The van der Waals surface area contributed by atoms with Crippen LogP contribution < -0.4 is 5.56 Å². The summed E-state index contributed by atoms with van der Waals surface area (Å²) in [5.41, 5.74) is 2.29. The van der Waals surface area contributed by atoms with Crippen molar-refractivity contribution in [2.45, 2.75) is 20.3 Å². The van der Waals surface area contributed by atoms with Crippen molar-refractivity contribution in [3.05, 3.63) is 44.4 Å². The number of halogens is 1. The molecule has 17 heavy (non-hydrogen) atoms. The van der Waals surface area contributed by atoms with E-state index in [0.29, 0.717) is 16.0 Å². The highest BCUT2D eigenvalue weighted by Gasteiger charge is 2.10. The van der Waals surface area contributed by atoms with Gasteiger partial charge >= 0.3 is 0 Å². The summed E-state index contributed by atoms with van der Waals surface area (Å²) in [5.74, 6) is 0.521.